The second-order valence-electron chi connectivity index (χ2n) is 17.8. The van der Waals surface area contributed by atoms with Crippen LogP contribution in [-0.2, 0) is 19.2 Å². The summed E-state index contributed by atoms with van der Waals surface area (Å²) in [6.07, 6.45) is 9.30. The third-order valence-corrected chi connectivity index (χ3v) is 15.6. The first kappa shape index (κ1) is 36.2. The Bertz CT molecular complexity index is 1480. The molecule has 8 bridgehead atoms. The lowest BCUT2D eigenvalue weighted by atomic mass is 9.56. The number of rotatable bonds is 4. The van der Waals surface area contributed by atoms with Gasteiger partial charge in [0.15, 0.2) is 0 Å². The SMILES string of the molecule is NC1CCCC2C3NC4NC(NC5NC(NC6NC(NC(N3)C12)C1C(C(=O)O)C(C(=O)O)C(C(=O)O)C(C(=O)O)C61)C1CCCCC51)C1CCCCC41. The summed E-state index contributed by atoms with van der Waals surface area (Å²) < 4.78 is 0. The van der Waals surface area contributed by atoms with Gasteiger partial charge in [-0.05, 0) is 68.1 Å². The Hall–Kier alpha value is -2.48. The average molecular weight is 744 g/mol. The lowest BCUT2D eigenvalue weighted by molar-refractivity contribution is -0.182. The number of hydrogen-bond donors (Lipinski definition) is 13. The zero-order valence-electron chi connectivity index (χ0n) is 29.9. The quantitative estimate of drug-likeness (QED) is 0.161. The van der Waals surface area contributed by atoms with Crippen LogP contribution in [-0.4, -0.2) is 99.7 Å². The Morgan fingerprint density at radius 1 is 0.358 bits per heavy atom. The molecular formula is C36H57N9O8. The molecule has 21 atom stereocenters. The van der Waals surface area contributed by atoms with Gasteiger partial charge in [-0.1, -0.05) is 32.1 Å². The molecule has 0 aromatic heterocycles. The number of nitrogens with one attached hydrogen (secondary N) is 8. The van der Waals surface area contributed by atoms with Gasteiger partial charge in [-0.15, -0.1) is 0 Å². The van der Waals surface area contributed by atoms with Crippen LogP contribution in [0.1, 0.15) is 70.6 Å². The van der Waals surface area contributed by atoms with Gasteiger partial charge in [0, 0.05) is 23.8 Å². The number of carboxylic acids is 4. The van der Waals surface area contributed by atoms with E-state index in [0.717, 1.165) is 57.8 Å². The second kappa shape index (κ2) is 13.9. The lowest BCUT2D eigenvalue weighted by Gasteiger charge is -2.46. The first-order valence-electron chi connectivity index (χ1n) is 20.3. The third-order valence-electron chi connectivity index (χ3n) is 15.6. The van der Waals surface area contributed by atoms with E-state index in [2.05, 4.69) is 42.5 Å². The predicted octanol–water partition coefficient (Wildman–Crippen LogP) is -1.21. The highest BCUT2D eigenvalue weighted by Crippen LogP contribution is 2.53. The highest BCUT2D eigenvalue weighted by molar-refractivity contribution is 5.90. The molecule has 14 N–H and O–H groups in total. The van der Waals surface area contributed by atoms with Crippen LogP contribution in [0, 0.1) is 71.0 Å². The third kappa shape index (κ3) is 5.91. The van der Waals surface area contributed by atoms with E-state index in [0.29, 0.717) is 17.8 Å². The van der Waals surface area contributed by atoms with Gasteiger partial charge in [0.1, 0.15) is 0 Å². The molecule has 0 aromatic rings. The fraction of sp³-hybridized carbons (Fsp3) is 0.889. The number of fused-ring (bicyclic) bond motifs is 20. The van der Waals surface area contributed by atoms with E-state index in [4.69, 9.17) is 5.73 Å². The highest BCUT2D eigenvalue weighted by Gasteiger charge is 2.67. The Kier molecular flexibility index (Phi) is 9.50. The number of nitrogens with two attached hydrogens (primary N) is 1. The van der Waals surface area contributed by atoms with E-state index in [1.54, 1.807) is 0 Å². The molecule has 294 valence electrons. The largest absolute Gasteiger partial charge is 0.481 e. The van der Waals surface area contributed by atoms with Crippen LogP contribution in [0.3, 0.4) is 0 Å². The monoisotopic (exact) mass is 743 g/mol. The van der Waals surface area contributed by atoms with Crippen molar-refractivity contribution in [1.29, 1.82) is 0 Å². The molecule has 9 fully saturated rings. The molecule has 9 rings (SSSR count). The molecule has 0 radical (unpaired) electrons. The van der Waals surface area contributed by atoms with Gasteiger partial charge in [-0.25, -0.2) is 0 Å². The van der Waals surface area contributed by atoms with Gasteiger partial charge >= 0.3 is 23.9 Å². The summed E-state index contributed by atoms with van der Waals surface area (Å²) in [6, 6.07) is -0.146. The van der Waals surface area contributed by atoms with E-state index in [1.165, 1.54) is 12.8 Å². The summed E-state index contributed by atoms with van der Waals surface area (Å²) in [5.74, 6) is -13.9. The van der Waals surface area contributed by atoms with Gasteiger partial charge in [0.05, 0.1) is 73.0 Å². The van der Waals surface area contributed by atoms with Gasteiger partial charge in [0.25, 0.3) is 0 Å². The minimum Gasteiger partial charge on any atom is -0.481 e. The van der Waals surface area contributed by atoms with Crippen molar-refractivity contribution in [3.63, 3.8) is 0 Å². The zero-order chi connectivity index (χ0) is 36.9. The van der Waals surface area contributed by atoms with Crippen LogP contribution in [0.15, 0.2) is 0 Å². The number of aliphatic carboxylic acids is 4. The molecule has 5 saturated heterocycles. The number of hydrogen-bond acceptors (Lipinski definition) is 13. The first-order valence-corrected chi connectivity index (χ1v) is 20.3. The maximum Gasteiger partial charge on any atom is 0.308 e. The van der Waals surface area contributed by atoms with E-state index in [1.807, 2.05) is 0 Å². The average Bonchev–Trinajstić information content (AvgIpc) is 3.86. The number of carboxylic acid groups (broad SMARTS) is 4. The Labute approximate surface area is 308 Å². The summed E-state index contributed by atoms with van der Waals surface area (Å²) in [5, 5.41) is 72.9. The van der Waals surface area contributed by atoms with Crippen LogP contribution < -0.4 is 48.3 Å². The maximum atomic E-state index is 13.2. The van der Waals surface area contributed by atoms with Gasteiger partial charge in [0.2, 0.25) is 0 Å². The minimum absolute atomic E-state index is 0.0260. The van der Waals surface area contributed by atoms with E-state index in [-0.39, 0.29) is 54.6 Å². The van der Waals surface area contributed by atoms with Crippen LogP contribution >= 0.6 is 0 Å². The molecule has 53 heavy (non-hydrogen) atoms. The van der Waals surface area contributed by atoms with Gasteiger partial charge in [-0.3, -0.25) is 61.7 Å². The van der Waals surface area contributed by atoms with Crippen LogP contribution in [0.5, 0.6) is 0 Å². The van der Waals surface area contributed by atoms with Crippen molar-refractivity contribution in [2.75, 3.05) is 0 Å². The summed E-state index contributed by atoms with van der Waals surface area (Å²) >= 11 is 0. The molecular weight excluding hydrogens is 686 g/mol. The van der Waals surface area contributed by atoms with Crippen LogP contribution in [0.2, 0.25) is 0 Å². The van der Waals surface area contributed by atoms with Gasteiger partial charge in [-0.2, -0.15) is 0 Å². The fourth-order valence-electron chi connectivity index (χ4n) is 13.6. The van der Waals surface area contributed by atoms with Crippen molar-refractivity contribution in [3.05, 3.63) is 0 Å². The van der Waals surface area contributed by atoms with Crippen LogP contribution in [0.4, 0.5) is 0 Å². The minimum atomic E-state index is -1.95. The Balaban J connectivity index is 1.15. The molecule has 0 amide bonds. The van der Waals surface area contributed by atoms with E-state index in [9.17, 15) is 39.6 Å². The fourth-order valence-corrected chi connectivity index (χ4v) is 13.6. The van der Waals surface area contributed by atoms with Crippen molar-refractivity contribution in [3.8, 4) is 0 Å². The molecule has 4 saturated carbocycles. The van der Waals surface area contributed by atoms with Crippen molar-refractivity contribution >= 4 is 23.9 Å². The van der Waals surface area contributed by atoms with Gasteiger partial charge < -0.3 is 26.2 Å². The molecule has 5 heterocycles. The highest BCUT2D eigenvalue weighted by atomic mass is 16.4. The van der Waals surface area contributed by atoms with Crippen molar-refractivity contribution in [2.45, 2.75) is 126 Å². The predicted molar refractivity (Wildman–Crippen MR) is 187 cm³/mol. The van der Waals surface area contributed by atoms with Crippen molar-refractivity contribution in [1.82, 2.24) is 42.5 Å². The van der Waals surface area contributed by atoms with Crippen molar-refractivity contribution < 1.29 is 39.6 Å². The normalized spacial score (nSPS) is 53.1. The van der Waals surface area contributed by atoms with E-state index >= 15 is 0 Å². The smallest absolute Gasteiger partial charge is 0.308 e. The number of carbonyl (C=O) groups is 4. The van der Waals surface area contributed by atoms with Crippen LogP contribution in [0.25, 0.3) is 0 Å². The Morgan fingerprint density at radius 3 is 1.00 bits per heavy atom. The molecule has 4 aliphatic carbocycles. The summed E-state index contributed by atoms with van der Waals surface area (Å²) in [5.41, 5.74) is 6.88. The summed E-state index contributed by atoms with van der Waals surface area (Å²) in [4.78, 5) is 52.1. The van der Waals surface area contributed by atoms with E-state index < -0.39 is 77.9 Å². The molecule has 0 aromatic carbocycles. The topological polar surface area (TPSA) is 271 Å². The zero-order valence-corrected chi connectivity index (χ0v) is 29.9. The molecule has 5 aliphatic heterocycles. The molecule has 9 aliphatic rings. The standard InChI is InChI=1S/C36H57N9O8/c37-17-11-5-10-16-18(17)30-43-29(16)41-27-13-7-2-1-6-12(13)25(39-27)38-26-14-8-3-4-9-15(14)28(40-26)42-31-19-20(32(44-30)45-31)22(34(48)49)24(36(52)53)23(35(50)51)21(19)33(46)47/h12-32,38-45H,1-11,37H2,(H,46,47)(H,48,49)(H,50,51)(H,52,53). The second-order valence-corrected chi connectivity index (χ2v) is 17.8. The molecule has 17 heteroatoms. The summed E-state index contributed by atoms with van der Waals surface area (Å²) in [6.45, 7) is 0. The molecule has 21 unspecified atom stereocenters. The first-order chi connectivity index (χ1) is 25.5. The molecule has 0 spiro atoms. The summed E-state index contributed by atoms with van der Waals surface area (Å²) in [7, 11) is 0. The maximum absolute atomic E-state index is 13.2. The van der Waals surface area contributed by atoms with Crippen molar-refractivity contribution in [2.24, 2.45) is 76.7 Å². The Morgan fingerprint density at radius 2 is 0.642 bits per heavy atom. The lowest BCUT2D eigenvalue weighted by Crippen LogP contribution is -2.62. The molecule has 17 nitrogen and oxygen atoms in total.